The van der Waals surface area contributed by atoms with E-state index in [0.717, 1.165) is 5.75 Å². The van der Waals surface area contributed by atoms with Crippen LogP contribution in [0.15, 0.2) is 30.3 Å². The molecule has 1 saturated heterocycles. The van der Waals surface area contributed by atoms with Gasteiger partial charge in [-0.15, -0.1) is 12.4 Å². The van der Waals surface area contributed by atoms with E-state index in [4.69, 9.17) is 5.73 Å². The number of piperazine rings is 1. The van der Waals surface area contributed by atoms with E-state index in [9.17, 15) is 9.59 Å². The van der Waals surface area contributed by atoms with Crippen LogP contribution in [0.25, 0.3) is 0 Å². The standard InChI is InChI=1S/C16H23N3O2S.ClH/c1-22-12-7-14(17)16(21)19-10-8-18(9-11-19)15(20)13-5-3-2-4-6-13;/h2-6,14H,7-12,17H2,1H3;1H/t14-;/m0./s1. The van der Waals surface area contributed by atoms with Crippen molar-refractivity contribution < 1.29 is 9.59 Å². The molecule has 2 N–H and O–H groups in total. The fraction of sp³-hybridized carbons (Fsp3) is 0.500. The lowest BCUT2D eigenvalue weighted by Gasteiger charge is -2.36. The van der Waals surface area contributed by atoms with Crippen LogP contribution in [0.1, 0.15) is 16.8 Å². The normalized spacial score (nSPS) is 15.7. The minimum absolute atomic E-state index is 0. The first-order valence-electron chi connectivity index (χ1n) is 7.51. The monoisotopic (exact) mass is 357 g/mol. The molecule has 7 heteroatoms. The maximum atomic E-state index is 12.3. The average molecular weight is 358 g/mol. The van der Waals surface area contributed by atoms with Gasteiger partial charge in [-0.25, -0.2) is 0 Å². The Kier molecular flexibility index (Phi) is 8.44. The van der Waals surface area contributed by atoms with Crippen molar-refractivity contribution in [2.24, 2.45) is 5.73 Å². The molecule has 1 fully saturated rings. The lowest BCUT2D eigenvalue weighted by Crippen LogP contribution is -2.54. The summed E-state index contributed by atoms with van der Waals surface area (Å²) in [5.74, 6) is 0.916. The number of amides is 2. The van der Waals surface area contributed by atoms with Gasteiger partial charge in [0.2, 0.25) is 5.91 Å². The zero-order valence-corrected chi connectivity index (χ0v) is 14.9. The van der Waals surface area contributed by atoms with E-state index in [1.54, 1.807) is 21.6 Å². The fourth-order valence-corrected chi connectivity index (χ4v) is 2.99. The maximum absolute atomic E-state index is 12.3. The van der Waals surface area contributed by atoms with E-state index in [1.165, 1.54) is 0 Å². The van der Waals surface area contributed by atoms with Crippen LogP contribution >= 0.6 is 24.2 Å². The third kappa shape index (κ3) is 5.41. The third-order valence-corrected chi connectivity index (χ3v) is 4.49. The number of benzene rings is 1. The van der Waals surface area contributed by atoms with Gasteiger partial charge < -0.3 is 15.5 Å². The number of hydrogen-bond donors (Lipinski definition) is 1. The smallest absolute Gasteiger partial charge is 0.253 e. The number of rotatable bonds is 5. The van der Waals surface area contributed by atoms with Crippen LogP contribution < -0.4 is 5.73 Å². The molecule has 2 amide bonds. The highest BCUT2D eigenvalue weighted by Gasteiger charge is 2.27. The number of nitrogens with zero attached hydrogens (tertiary/aromatic N) is 2. The van der Waals surface area contributed by atoms with Gasteiger partial charge in [-0.3, -0.25) is 9.59 Å². The highest BCUT2D eigenvalue weighted by molar-refractivity contribution is 7.98. The lowest BCUT2D eigenvalue weighted by molar-refractivity contribution is -0.134. The van der Waals surface area contributed by atoms with Gasteiger partial charge in [0.05, 0.1) is 6.04 Å². The van der Waals surface area contributed by atoms with Crippen LogP contribution in [0.2, 0.25) is 0 Å². The van der Waals surface area contributed by atoms with E-state index in [1.807, 2.05) is 36.6 Å². The predicted molar refractivity (Wildman–Crippen MR) is 97.1 cm³/mol. The quantitative estimate of drug-likeness (QED) is 0.866. The van der Waals surface area contributed by atoms with Crippen LogP contribution in [0, 0.1) is 0 Å². The highest BCUT2D eigenvalue weighted by Crippen LogP contribution is 2.10. The fourth-order valence-electron chi connectivity index (χ4n) is 2.50. The molecule has 128 valence electrons. The first-order valence-corrected chi connectivity index (χ1v) is 8.90. The SMILES string of the molecule is CSCC[C@H](N)C(=O)N1CCN(C(=O)c2ccccc2)CC1.Cl. The largest absolute Gasteiger partial charge is 0.338 e. The first kappa shape index (κ1) is 19.8. The third-order valence-electron chi connectivity index (χ3n) is 3.85. The van der Waals surface area contributed by atoms with E-state index in [-0.39, 0.29) is 24.2 Å². The van der Waals surface area contributed by atoms with Crippen LogP contribution in [-0.4, -0.2) is 65.8 Å². The van der Waals surface area contributed by atoms with E-state index in [2.05, 4.69) is 0 Å². The minimum Gasteiger partial charge on any atom is -0.338 e. The molecular formula is C16H24ClN3O2S. The van der Waals surface area contributed by atoms with Crippen molar-refractivity contribution in [1.82, 2.24) is 9.80 Å². The summed E-state index contributed by atoms with van der Waals surface area (Å²) < 4.78 is 0. The molecule has 0 radical (unpaired) electrons. The number of halogens is 1. The van der Waals surface area contributed by atoms with Crippen LogP contribution in [-0.2, 0) is 4.79 Å². The zero-order valence-electron chi connectivity index (χ0n) is 13.3. The van der Waals surface area contributed by atoms with Crippen LogP contribution in [0.3, 0.4) is 0 Å². The summed E-state index contributed by atoms with van der Waals surface area (Å²) in [6.45, 7) is 2.25. The van der Waals surface area contributed by atoms with Gasteiger partial charge >= 0.3 is 0 Å². The van der Waals surface area contributed by atoms with Crippen molar-refractivity contribution in [2.45, 2.75) is 12.5 Å². The molecule has 5 nitrogen and oxygen atoms in total. The summed E-state index contributed by atoms with van der Waals surface area (Å²) in [4.78, 5) is 28.2. The molecule has 23 heavy (non-hydrogen) atoms. The molecule has 0 aromatic heterocycles. The second-order valence-corrected chi connectivity index (χ2v) is 6.36. The van der Waals surface area contributed by atoms with Gasteiger partial charge in [-0.05, 0) is 30.6 Å². The van der Waals surface area contributed by atoms with Gasteiger partial charge in [0.1, 0.15) is 0 Å². The van der Waals surface area contributed by atoms with Crippen molar-refractivity contribution >= 4 is 36.0 Å². The average Bonchev–Trinajstić information content (AvgIpc) is 2.59. The minimum atomic E-state index is -0.427. The molecule has 1 aliphatic rings. The summed E-state index contributed by atoms with van der Waals surface area (Å²) in [5.41, 5.74) is 6.63. The molecular weight excluding hydrogens is 334 g/mol. The second-order valence-electron chi connectivity index (χ2n) is 5.37. The number of hydrogen-bond acceptors (Lipinski definition) is 4. The van der Waals surface area contributed by atoms with Crippen molar-refractivity contribution in [1.29, 1.82) is 0 Å². The predicted octanol–water partition coefficient (Wildman–Crippen LogP) is 1.47. The lowest BCUT2D eigenvalue weighted by atomic mass is 10.1. The maximum Gasteiger partial charge on any atom is 0.253 e. The van der Waals surface area contributed by atoms with E-state index >= 15 is 0 Å². The molecule has 0 saturated carbocycles. The molecule has 1 aromatic carbocycles. The van der Waals surface area contributed by atoms with Crippen molar-refractivity contribution in [3.05, 3.63) is 35.9 Å². The van der Waals surface area contributed by atoms with Gasteiger partial charge in [-0.1, -0.05) is 18.2 Å². The van der Waals surface area contributed by atoms with E-state index < -0.39 is 6.04 Å². The van der Waals surface area contributed by atoms with Crippen LogP contribution in [0.5, 0.6) is 0 Å². The summed E-state index contributed by atoms with van der Waals surface area (Å²) >= 11 is 1.69. The molecule has 1 aromatic rings. The Morgan fingerprint density at radius 2 is 1.70 bits per heavy atom. The Hall–Kier alpha value is -1.24. The van der Waals surface area contributed by atoms with E-state index in [0.29, 0.717) is 38.2 Å². The van der Waals surface area contributed by atoms with Crippen molar-refractivity contribution in [2.75, 3.05) is 38.2 Å². The Balaban J connectivity index is 0.00000264. The highest BCUT2D eigenvalue weighted by atomic mass is 35.5. The molecule has 0 unspecified atom stereocenters. The van der Waals surface area contributed by atoms with Gasteiger partial charge in [0.25, 0.3) is 5.91 Å². The Bertz CT molecular complexity index is 507. The summed E-state index contributed by atoms with van der Waals surface area (Å²) in [6.07, 6.45) is 2.70. The number of nitrogens with two attached hydrogens (primary N) is 1. The molecule has 0 aliphatic carbocycles. The van der Waals surface area contributed by atoms with Crippen molar-refractivity contribution in [3.63, 3.8) is 0 Å². The second kappa shape index (κ2) is 9.80. The summed E-state index contributed by atoms with van der Waals surface area (Å²) in [6, 6.07) is 8.82. The Morgan fingerprint density at radius 1 is 1.13 bits per heavy atom. The van der Waals surface area contributed by atoms with Gasteiger partial charge in [0, 0.05) is 31.7 Å². The van der Waals surface area contributed by atoms with Crippen molar-refractivity contribution in [3.8, 4) is 0 Å². The Morgan fingerprint density at radius 3 is 2.26 bits per heavy atom. The Labute approximate surface area is 148 Å². The number of carbonyl (C=O) groups excluding carboxylic acids is 2. The topological polar surface area (TPSA) is 66.6 Å². The zero-order chi connectivity index (χ0) is 15.9. The number of carbonyl (C=O) groups is 2. The van der Waals surface area contributed by atoms with Gasteiger partial charge in [-0.2, -0.15) is 11.8 Å². The van der Waals surface area contributed by atoms with Gasteiger partial charge in [0.15, 0.2) is 0 Å². The molecule has 0 bridgehead atoms. The number of thioether (sulfide) groups is 1. The summed E-state index contributed by atoms with van der Waals surface area (Å²) in [7, 11) is 0. The first-order chi connectivity index (χ1) is 10.6. The summed E-state index contributed by atoms with van der Waals surface area (Å²) in [5, 5.41) is 0. The molecule has 2 rings (SSSR count). The van der Waals surface area contributed by atoms with Crippen LogP contribution in [0.4, 0.5) is 0 Å². The molecule has 1 atom stereocenters. The molecule has 0 spiro atoms. The molecule has 1 aliphatic heterocycles. The molecule has 1 heterocycles.